The average Bonchev–Trinajstić information content (AvgIpc) is 1.59. The summed E-state index contributed by atoms with van der Waals surface area (Å²) in [5.41, 5.74) is -0.816. The van der Waals surface area contributed by atoms with E-state index >= 15 is 0 Å². The lowest BCUT2D eigenvalue weighted by Gasteiger charge is -2.13. The van der Waals surface area contributed by atoms with Crippen LogP contribution in [-0.2, 0) is 4.74 Å². The molecule has 0 atom stereocenters. The Kier molecular flexibility index (Phi) is 3.30. The number of rotatable bonds is 2. The molecule has 4 heteroatoms. The Hall–Kier alpha value is 0.0500. The zero-order valence-electron chi connectivity index (χ0n) is 5.28. The topological polar surface area (TPSA) is 26.3 Å². The molecule has 0 heterocycles. The standard InChI is InChI=1S/C5H8Cl2O2/c1-5(2,7)3-9-4(6)8/h3H2,1-2H3. The molecule has 0 aromatic heterocycles. The van der Waals surface area contributed by atoms with Crippen molar-refractivity contribution in [2.45, 2.75) is 18.7 Å². The molecule has 0 radical (unpaired) electrons. The van der Waals surface area contributed by atoms with E-state index in [0.29, 0.717) is 0 Å². The maximum absolute atomic E-state index is 9.97. The van der Waals surface area contributed by atoms with E-state index in [1.165, 1.54) is 0 Å². The SMILES string of the molecule is CC(C)(Cl)COC(=O)Cl. The van der Waals surface area contributed by atoms with Gasteiger partial charge in [0.05, 0.1) is 4.87 Å². The molecule has 0 unspecified atom stereocenters. The largest absolute Gasteiger partial charge is 0.452 e. The fourth-order valence-electron chi connectivity index (χ4n) is 0.228. The van der Waals surface area contributed by atoms with Gasteiger partial charge in [0, 0.05) is 11.6 Å². The molecule has 0 fully saturated rings. The molecule has 54 valence electrons. The van der Waals surface area contributed by atoms with Crippen LogP contribution in [0.5, 0.6) is 0 Å². The molecule has 0 saturated carbocycles. The van der Waals surface area contributed by atoms with Gasteiger partial charge < -0.3 is 4.74 Å². The maximum atomic E-state index is 9.97. The van der Waals surface area contributed by atoms with Crippen LogP contribution in [0, 0.1) is 0 Å². The van der Waals surface area contributed by atoms with Crippen LogP contribution >= 0.6 is 23.2 Å². The summed E-state index contributed by atoms with van der Waals surface area (Å²) in [5.74, 6) is 0. The van der Waals surface area contributed by atoms with E-state index in [1.54, 1.807) is 13.8 Å². The Labute approximate surface area is 64.1 Å². The van der Waals surface area contributed by atoms with Crippen molar-refractivity contribution in [1.29, 1.82) is 0 Å². The second-order valence-corrected chi connectivity index (χ2v) is 3.58. The minimum absolute atomic E-state index is 0.136. The molecule has 0 spiro atoms. The first kappa shape index (κ1) is 9.05. The van der Waals surface area contributed by atoms with Crippen LogP contribution < -0.4 is 0 Å². The highest BCUT2D eigenvalue weighted by Crippen LogP contribution is 2.12. The zero-order valence-corrected chi connectivity index (χ0v) is 6.79. The fraction of sp³-hybridized carbons (Fsp3) is 0.800. The van der Waals surface area contributed by atoms with Gasteiger partial charge in [-0.25, -0.2) is 4.79 Å². The average molecular weight is 171 g/mol. The fourth-order valence-corrected chi connectivity index (χ4v) is 0.337. The molecule has 2 nitrogen and oxygen atoms in total. The Morgan fingerprint density at radius 2 is 2.11 bits per heavy atom. The number of hydrogen-bond donors (Lipinski definition) is 0. The number of alkyl halides is 1. The van der Waals surface area contributed by atoms with Gasteiger partial charge in [0.15, 0.2) is 0 Å². The van der Waals surface area contributed by atoms with Crippen molar-refractivity contribution in [3.05, 3.63) is 0 Å². The number of ether oxygens (including phenoxy) is 1. The smallest absolute Gasteiger partial charge is 0.403 e. The number of carbonyl (C=O) groups excluding carboxylic acids is 1. The molecule has 0 saturated heterocycles. The minimum Gasteiger partial charge on any atom is -0.452 e. The Morgan fingerprint density at radius 1 is 1.67 bits per heavy atom. The predicted molar refractivity (Wildman–Crippen MR) is 37.1 cm³/mol. The molecular formula is C5H8Cl2O2. The van der Waals surface area contributed by atoms with Crippen molar-refractivity contribution in [3.8, 4) is 0 Å². The Morgan fingerprint density at radius 3 is 2.22 bits per heavy atom. The third-order valence-electron chi connectivity index (χ3n) is 0.529. The van der Waals surface area contributed by atoms with Crippen LogP contribution in [0.15, 0.2) is 0 Å². The lowest BCUT2D eigenvalue weighted by Crippen LogP contribution is -2.19. The van der Waals surface area contributed by atoms with Crippen molar-refractivity contribution in [3.63, 3.8) is 0 Å². The van der Waals surface area contributed by atoms with Crippen molar-refractivity contribution < 1.29 is 9.53 Å². The van der Waals surface area contributed by atoms with E-state index in [2.05, 4.69) is 4.74 Å². The summed E-state index contributed by atoms with van der Waals surface area (Å²) in [4.78, 5) is 9.45. The van der Waals surface area contributed by atoms with E-state index in [1.807, 2.05) is 0 Å². The minimum atomic E-state index is -0.816. The van der Waals surface area contributed by atoms with Gasteiger partial charge in [-0.1, -0.05) is 0 Å². The Bertz CT molecular complexity index is 106. The second kappa shape index (κ2) is 3.28. The highest BCUT2D eigenvalue weighted by Gasteiger charge is 2.14. The summed E-state index contributed by atoms with van der Waals surface area (Å²) in [5, 5.41) is 0. The zero-order chi connectivity index (χ0) is 7.49. The van der Waals surface area contributed by atoms with Crippen LogP contribution in [0.25, 0.3) is 0 Å². The Balaban J connectivity index is 3.39. The maximum Gasteiger partial charge on any atom is 0.403 e. The lowest BCUT2D eigenvalue weighted by molar-refractivity contribution is 0.163. The molecule has 0 aliphatic heterocycles. The number of carbonyl (C=O) groups is 1. The van der Waals surface area contributed by atoms with Gasteiger partial charge in [0.1, 0.15) is 6.61 Å². The molecule has 0 aromatic rings. The first-order valence-electron chi connectivity index (χ1n) is 2.43. The van der Waals surface area contributed by atoms with Crippen molar-refractivity contribution in [2.24, 2.45) is 0 Å². The van der Waals surface area contributed by atoms with Gasteiger partial charge in [-0.2, -0.15) is 0 Å². The summed E-state index contributed by atoms with van der Waals surface area (Å²) in [6.45, 7) is 3.60. The molecule has 0 rings (SSSR count). The number of halogens is 2. The van der Waals surface area contributed by atoms with Crippen LogP contribution in [0.1, 0.15) is 13.8 Å². The van der Waals surface area contributed by atoms with Crippen LogP contribution in [0.2, 0.25) is 0 Å². The summed E-state index contributed by atoms with van der Waals surface area (Å²) in [7, 11) is 0. The number of hydrogen-bond acceptors (Lipinski definition) is 2. The first-order valence-corrected chi connectivity index (χ1v) is 3.18. The summed E-state index contributed by atoms with van der Waals surface area (Å²) in [6.07, 6.45) is 0. The lowest BCUT2D eigenvalue weighted by atomic mass is 10.2. The van der Waals surface area contributed by atoms with Crippen LogP contribution in [-0.4, -0.2) is 16.9 Å². The molecular weight excluding hydrogens is 163 g/mol. The van der Waals surface area contributed by atoms with Crippen molar-refractivity contribution in [2.75, 3.05) is 6.61 Å². The molecule has 9 heavy (non-hydrogen) atoms. The molecule has 0 aromatic carbocycles. The van der Waals surface area contributed by atoms with Gasteiger partial charge in [-0.15, -0.1) is 11.6 Å². The van der Waals surface area contributed by atoms with E-state index in [-0.39, 0.29) is 6.61 Å². The molecule has 0 aliphatic rings. The molecule has 0 N–H and O–H groups in total. The van der Waals surface area contributed by atoms with Crippen LogP contribution in [0.3, 0.4) is 0 Å². The highest BCUT2D eigenvalue weighted by molar-refractivity contribution is 6.61. The van der Waals surface area contributed by atoms with E-state index < -0.39 is 10.3 Å². The van der Waals surface area contributed by atoms with Gasteiger partial charge in [0.25, 0.3) is 0 Å². The second-order valence-electron chi connectivity index (χ2n) is 2.25. The van der Waals surface area contributed by atoms with Gasteiger partial charge in [0.2, 0.25) is 0 Å². The quantitative estimate of drug-likeness (QED) is 0.470. The molecule has 0 bridgehead atoms. The van der Waals surface area contributed by atoms with Gasteiger partial charge in [-0.05, 0) is 13.8 Å². The van der Waals surface area contributed by atoms with E-state index in [9.17, 15) is 4.79 Å². The van der Waals surface area contributed by atoms with Crippen LogP contribution in [0.4, 0.5) is 4.79 Å². The van der Waals surface area contributed by atoms with E-state index in [4.69, 9.17) is 23.2 Å². The summed E-state index contributed by atoms with van der Waals surface area (Å²) >= 11 is 10.5. The van der Waals surface area contributed by atoms with Crippen molar-refractivity contribution in [1.82, 2.24) is 0 Å². The first-order chi connectivity index (χ1) is 3.92. The monoisotopic (exact) mass is 170 g/mol. The molecule has 0 amide bonds. The van der Waals surface area contributed by atoms with E-state index in [0.717, 1.165) is 0 Å². The van der Waals surface area contributed by atoms with Crippen molar-refractivity contribution >= 4 is 28.6 Å². The summed E-state index contributed by atoms with van der Waals surface area (Å²) in [6, 6.07) is 0. The van der Waals surface area contributed by atoms with Gasteiger partial charge in [-0.3, -0.25) is 0 Å². The van der Waals surface area contributed by atoms with Gasteiger partial charge >= 0.3 is 5.43 Å². The summed E-state index contributed by atoms with van der Waals surface area (Å²) < 4.78 is 4.40. The highest BCUT2D eigenvalue weighted by atomic mass is 35.5. The third kappa shape index (κ3) is 8.05. The normalized spacial score (nSPS) is 11.1. The third-order valence-corrected chi connectivity index (χ3v) is 0.747. The predicted octanol–water partition coefficient (Wildman–Crippen LogP) is 2.38. The molecule has 0 aliphatic carbocycles.